The van der Waals surface area contributed by atoms with Crippen LogP contribution in [0, 0.1) is 0 Å². The second-order valence-corrected chi connectivity index (χ2v) is 5.03. The van der Waals surface area contributed by atoms with Crippen molar-refractivity contribution in [3.8, 4) is 5.75 Å². The molecule has 4 heteroatoms. The molecule has 0 spiro atoms. The first-order valence-corrected chi connectivity index (χ1v) is 6.62. The monoisotopic (exact) mass is 286 g/mol. The minimum Gasteiger partial charge on any atom is -0.426 e. The fourth-order valence-electron chi connectivity index (χ4n) is 2.38. The molecule has 0 aliphatic carbocycles. The molecule has 2 aromatic carbocycles. The molecule has 0 unspecified atom stereocenters. The van der Waals surface area contributed by atoms with Gasteiger partial charge in [-0.1, -0.05) is 30.3 Å². The van der Waals surface area contributed by atoms with Gasteiger partial charge in [0.15, 0.2) is 0 Å². The number of esters is 1. The first-order valence-electron chi connectivity index (χ1n) is 6.24. The van der Waals surface area contributed by atoms with E-state index in [1.807, 2.05) is 30.3 Å². The molecule has 0 fully saturated rings. The summed E-state index contributed by atoms with van der Waals surface area (Å²) >= 11 is 5.48. The van der Waals surface area contributed by atoms with E-state index in [0.717, 1.165) is 11.1 Å². The van der Waals surface area contributed by atoms with E-state index < -0.39 is 5.24 Å². The third kappa shape index (κ3) is 2.32. The van der Waals surface area contributed by atoms with Crippen molar-refractivity contribution in [2.75, 3.05) is 0 Å². The molecular formula is C16H11ClO3. The highest BCUT2D eigenvalue weighted by Gasteiger charge is 2.30. The number of hydrogen-bond acceptors (Lipinski definition) is 3. The number of fused-ring (bicyclic) bond motifs is 1. The molecule has 0 amide bonds. The molecule has 1 heterocycles. The maximum Gasteiger partial charge on any atom is 0.319 e. The topological polar surface area (TPSA) is 43.4 Å². The Labute approximate surface area is 121 Å². The molecule has 3 rings (SSSR count). The predicted octanol–water partition coefficient (Wildman–Crippen LogP) is 3.31. The molecule has 100 valence electrons. The van der Waals surface area contributed by atoms with E-state index in [4.69, 9.17) is 16.3 Å². The average molecular weight is 287 g/mol. The molecule has 1 atom stereocenters. The summed E-state index contributed by atoms with van der Waals surface area (Å²) in [6, 6.07) is 14.3. The highest BCUT2D eigenvalue weighted by molar-refractivity contribution is 6.67. The summed E-state index contributed by atoms with van der Waals surface area (Å²) in [4.78, 5) is 23.3. The van der Waals surface area contributed by atoms with Crippen LogP contribution in [0.15, 0.2) is 48.5 Å². The van der Waals surface area contributed by atoms with Crippen molar-refractivity contribution in [3.05, 3.63) is 65.2 Å². The first kappa shape index (κ1) is 12.9. The summed E-state index contributed by atoms with van der Waals surface area (Å²) in [5, 5.41) is -0.513. The van der Waals surface area contributed by atoms with Crippen molar-refractivity contribution in [2.24, 2.45) is 0 Å². The SMILES string of the molecule is O=C(Cl)c1ccc2c(c1)C[C@H](c1ccccc1)C(=O)O2. The second-order valence-electron chi connectivity index (χ2n) is 4.68. The normalized spacial score (nSPS) is 17.2. The zero-order valence-electron chi connectivity index (χ0n) is 10.5. The Morgan fingerprint density at radius 1 is 1.15 bits per heavy atom. The molecular weight excluding hydrogens is 276 g/mol. The van der Waals surface area contributed by atoms with Crippen LogP contribution in [0.25, 0.3) is 0 Å². The van der Waals surface area contributed by atoms with Crippen molar-refractivity contribution in [1.82, 2.24) is 0 Å². The lowest BCUT2D eigenvalue weighted by atomic mass is 9.89. The van der Waals surface area contributed by atoms with Crippen LogP contribution in [0.2, 0.25) is 0 Å². The van der Waals surface area contributed by atoms with Crippen molar-refractivity contribution in [3.63, 3.8) is 0 Å². The number of benzene rings is 2. The Hall–Kier alpha value is -2.13. The maximum atomic E-state index is 12.1. The van der Waals surface area contributed by atoms with Gasteiger partial charge < -0.3 is 4.74 Å². The van der Waals surface area contributed by atoms with Crippen LogP contribution in [0.3, 0.4) is 0 Å². The van der Waals surface area contributed by atoms with Crippen LogP contribution < -0.4 is 4.74 Å². The van der Waals surface area contributed by atoms with Gasteiger partial charge in [0, 0.05) is 5.56 Å². The third-order valence-corrected chi connectivity index (χ3v) is 3.63. The van der Waals surface area contributed by atoms with Crippen molar-refractivity contribution >= 4 is 22.8 Å². The summed E-state index contributed by atoms with van der Waals surface area (Å²) in [5.74, 6) is -0.109. The Morgan fingerprint density at radius 2 is 1.90 bits per heavy atom. The van der Waals surface area contributed by atoms with Gasteiger partial charge in [0.2, 0.25) is 0 Å². The number of carbonyl (C=O) groups is 2. The van der Waals surface area contributed by atoms with E-state index in [0.29, 0.717) is 17.7 Å². The van der Waals surface area contributed by atoms with Gasteiger partial charge in [-0.15, -0.1) is 0 Å². The van der Waals surface area contributed by atoms with E-state index >= 15 is 0 Å². The number of hydrogen-bond donors (Lipinski definition) is 0. The van der Waals surface area contributed by atoms with Gasteiger partial charge in [-0.3, -0.25) is 9.59 Å². The van der Waals surface area contributed by atoms with Gasteiger partial charge in [-0.05, 0) is 47.3 Å². The molecule has 1 aliphatic rings. The van der Waals surface area contributed by atoms with Gasteiger partial charge >= 0.3 is 5.97 Å². The lowest BCUT2D eigenvalue weighted by molar-refractivity contribution is -0.137. The lowest BCUT2D eigenvalue weighted by Gasteiger charge is -2.23. The highest BCUT2D eigenvalue weighted by Crippen LogP contribution is 2.34. The molecule has 0 saturated carbocycles. The van der Waals surface area contributed by atoms with Crippen LogP contribution >= 0.6 is 11.6 Å². The van der Waals surface area contributed by atoms with Crippen LogP contribution in [-0.2, 0) is 11.2 Å². The van der Waals surface area contributed by atoms with E-state index in [9.17, 15) is 9.59 Å². The van der Waals surface area contributed by atoms with Crippen molar-refractivity contribution in [1.29, 1.82) is 0 Å². The molecule has 20 heavy (non-hydrogen) atoms. The Balaban J connectivity index is 1.98. The summed E-state index contributed by atoms with van der Waals surface area (Å²) in [6.45, 7) is 0. The van der Waals surface area contributed by atoms with E-state index in [-0.39, 0.29) is 11.9 Å². The molecule has 0 aromatic heterocycles. The van der Waals surface area contributed by atoms with Gasteiger partial charge in [-0.25, -0.2) is 0 Å². The van der Waals surface area contributed by atoms with Gasteiger partial charge in [0.25, 0.3) is 5.24 Å². The van der Waals surface area contributed by atoms with Crippen LogP contribution in [0.4, 0.5) is 0 Å². The fraction of sp³-hybridized carbons (Fsp3) is 0.125. The standard InChI is InChI=1S/C16H11ClO3/c17-15(18)11-6-7-14-12(8-11)9-13(16(19)20-14)10-4-2-1-3-5-10/h1-8,13H,9H2/t13-/m1/s1. The summed E-state index contributed by atoms with van der Waals surface area (Å²) in [5.41, 5.74) is 2.14. The molecule has 3 nitrogen and oxygen atoms in total. The summed E-state index contributed by atoms with van der Waals surface area (Å²) < 4.78 is 5.34. The first-order chi connectivity index (χ1) is 9.65. The number of halogens is 1. The summed E-state index contributed by atoms with van der Waals surface area (Å²) in [6.07, 6.45) is 0.510. The molecule has 0 N–H and O–H groups in total. The summed E-state index contributed by atoms with van der Waals surface area (Å²) in [7, 11) is 0. The second kappa shape index (κ2) is 5.10. The van der Waals surface area contributed by atoms with Gasteiger partial charge in [-0.2, -0.15) is 0 Å². The smallest absolute Gasteiger partial charge is 0.319 e. The lowest BCUT2D eigenvalue weighted by Crippen LogP contribution is -2.26. The number of ether oxygens (including phenoxy) is 1. The number of carbonyl (C=O) groups excluding carboxylic acids is 2. The molecule has 0 saturated heterocycles. The predicted molar refractivity (Wildman–Crippen MR) is 75.1 cm³/mol. The van der Waals surface area contributed by atoms with Gasteiger partial charge in [0.05, 0.1) is 5.92 Å². The molecule has 0 bridgehead atoms. The Bertz CT molecular complexity index is 679. The van der Waals surface area contributed by atoms with Gasteiger partial charge in [0.1, 0.15) is 5.75 Å². The van der Waals surface area contributed by atoms with E-state index in [1.54, 1.807) is 18.2 Å². The minimum atomic E-state index is -0.513. The van der Waals surface area contributed by atoms with Crippen LogP contribution in [0.1, 0.15) is 27.4 Å². The Kier molecular flexibility index (Phi) is 3.28. The van der Waals surface area contributed by atoms with Crippen LogP contribution in [-0.4, -0.2) is 11.2 Å². The highest BCUT2D eigenvalue weighted by atomic mass is 35.5. The molecule has 1 aliphatic heterocycles. The molecule has 2 aromatic rings. The fourth-order valence-corrected chi connectivity index (χ4v) is 2.50. The van der Waals surface area contributed by atoms with Crippen molar-refractivity contribution in [2.45, 2.75) is 12.3 Å². The third-order valence-electron chi connectivity index (χ3n) is 3.41. The van der Waals surface area contributed by atoms with Crippen LogP contribution in [0.5, 0.6) is 5.75 Å². The zero-order chi connectivity index (χ0) is 14.1. The quantitative estimate of drug-likeness (QED) is 0.483. The van der Waals surface area contributed by atoms with E-state index in [2.05, 4.69) is 0 Å². The Morgan fingerprint density at radius 3 is 2.60 bits per heavy atom. The largest absolute Gasteiger partial charge is 0.426 e. The average Bonchev–Trinajstić information content (AvgIpc) is 2.47. The van der Waals surface area contributed by atoms with E-state index in [1.165, 1.54) is 0 Å². The maximum absolute atomic E-state index is 12.1. The zero-order valence-corrected chi connectivity index (χ0v) is 11.3. The van der Waals surface area contributed by atoms with Crippen molar-refractivity contribution < 1.29 is 14.3 Å². The molecule has 0 radical (unpaired) electrons. The minimum absolute atomic E-state index is 0.270. The number of rotatable bonds is 2.